The summed E-state index contributed by atoms with van der Waals surface area (Å²) < 4.78 is 1.22. The minimum absolute atomic E-state index is 0.379. The summed E-state index contributed by atoms with van der Waals surface area (Å²) in [4.78, 5) is 12.1. The molecule has 19 heavy (non-hydrogen) atoms. The highest BCUT2D eigenvalue weighted by Crippen LogP contribution is 2.16. The van der Waals surface area contributed by atoms with Gasteiger partial charge in [-0.25, -0.2) is 4.79 Å². The van der Waals surface area contributed by atoms with E-state index in [1.165, 1.54) is 4.68 Å². The minimum atomic E-state index is -0.379. The van der Waals surface area contributed by atoms with E-state index < -0.39 is 0 Å². The molecule has 0 saturated heterocycles. The van der Waals surface area contributed by atoms with Gasteiger partial charge in [0.25, 0.3) is 0 Å². The van der Waals surface area contributed by atoms with Crippen molar-refractivity contribution in [2.45, 2.75) is 0 Å². The average molecular weight is 273 g/mol. The Kier molecular flexibility index (Phi) is 2.89. The van der Waals surface area contributed by atoms with Gasteiger partial charge in [-0.3, -0.25) is 0 Å². The molecule has 0 bridgehead atoms. The number of halogens is 1. The van der Waals surface area contributed by atoms with Gasteiger partial charge in [0.1, 0.15) is 5.52 Å². The average Bonchev–Trinajstić information content (AvgIpc) is 2.82. The molecule has 5 nitrogen and oxygen atoms in total. The number of benzene rings is 2. The number of para-hydroxylation sites is 1. The lowest BCUT2D eigenvalue weighted by Gasteiger charge is -2.05. The van der Waals surface area contributed by atoms with E-state index in [2.05, 4.69) is 15.6 Å². The minimum Gasteiger partial charge on any atom is -0.306 e. The first-order valence-corrected chi connectivity index (χ1v) is 5.99. The van der Waals surface area contributed by atoms with Crippen LogP contribution in [0.4, 0.5) is 10.5 Å². The van der Waals surface area contributed by atoms with Crippen LogP contribution in [0.3, 0.4) is 0 Å². The van der Waals surface area contributed by atoms with Crippen molar-refractivity contribution >= 4 is 34.4 Å². The highest BCUT2D eigenvalue weighted by molar-refractivity contribution is 6.30. The standard InChI is InChI=1S/C13H9ClN4O/c14-9-4-3-5-10(8-9)15-13(19)18-12-7-2-1-6-11(12)16-17-18/h1-8H,(H,15,19). The molecule has 0 aliphatic carbocycles. The van der Waals surface area contributed by atoms with Crippen molar-refractivity contribution in [2.75, 3.05) is 5.32 Å². The van der Waals surface area contributed by atoms with Gasteiger partial charge in [0.15, 0.2) is 0 Å². The molecule has 6 heteroatoms. The van der Waals surface area contributed by atoms with Crippen molar-refractivity contribution in [3.63, 3.8) is 0 Å². The molecule has 3 aromatic rings. The number of hydrogen-bond donors (Lipinski definition) is 1. The van der Waals surface area contributed by atoms with Gasteiger partial charge in [-0.05, 0) is 30.3 Å². The number of fused-ring (bicyclic) bond motifs is 1. The Morgan fingerprint density at radius 2 is 2.00 bits per heavy atom. The summed E-state index contributed by atoms with van der Waals surface area (Å²) in [5.41, 5.74) is 1.93. The van der Waals surface area contributed by atoms with Crippen molar-refractivity contribution in [3.05, 3.63) is 53.6 Å². The van der Waals surface area contributed by atoms with Crippen LogP contribution in [0.1, 0.15) is 0 Å². The second-order valence-electron chi connectivity index (χ2n) is 3.93. The molecule has 94 valence electrons. The highest BCUT2D eigenvalue weighted by Gasteiger charge is 2.11. The van der Waals surface area contributed by atoms with Gasteiger partial charge in [-0.2, -0.15) is 4.68 Å². The Balaban J connectivity index is 1.92. The van der Waals surface area contributed by atoms with E-state index in [9.17, 15) is 4.79 Å². The Morgan fingerprint density at radius 3 is 2.84 bits per heavy atom. The van der Waals surface area contributed by atoms with Crippen molar-refractivity contribution in [1.82, 2.24) is 15.0 Å². The van der Waals surface area contributed by atoms with Crippen LogP contribution in [0.15, 0.2) is 48.5 Å². The van der Waals surface area contributed by atoms with Gasteiger partial charge < -0.3 is 5.32 Å². The van der Waals surface area contributed by atoms with E-state index in [1.54, 1.807) is 36.4 Å². The fourth-order valence-corrected chi connectivity index (χ4v) is 1.95. The second kappa shape index (κ2) is 4.70. The third kappa shape index (κ3) is 2.28. The normalized spacial score (nSPS) is 10.6. The largest absolute Gasteiger partial charge is 0.348 e. The van der Waals surface area contributed by atoms with E-state index in [0.717, 1.165) is 0 Å². The van der Waals surface area contributed by atoms with Crippen molar-refractivity contribution in [2.24, 2.45) is 0 Å². The molecule has 0 saturated carbocycles. The predicted molar refractivity (Wildman–Crippen MR) is 73.4 cm³/mol. The number of nitrogens with zero attached hydrogens (tertiary/aromatic N) is 3. The lowest BCUT2D eigenvalue weighted by molar-refractivity contribution is 0.251. The fraction of sp³-hybridized carbons (Fsp3) is 0. The number of carbonyl (C=O) groups excluding carboxylic acids is 1. The van der Waals surface area contributed by atoms with E-state index in [4.69, 9.17) is 11.6 Å². The predicted octanol–water partition coefficient (Wildman–Crippen LogP) is 3.16. The highest BCUT2D eigenvalue weighted by atomic mass is 35.5. The smallest absolute Gasteiger partial charge is 0.306 e. The zero-order valence-electron chi connectivity index (χ0n) is 9.75. The van der Waals surface area contributed by atoms with E-state index in [1.807, 2.05) is 12.1 Å². The molecule has 0 aliphatic rings. The molecule has 0 radical (unpaired) electrons. The fourth-order valence-electron chi connectivity index (χ4n) is 1.76. The molecule has 1 amide bonds. The first-order valence-electron chi connectivity index (χ1n) is 5.61. The molecule has 0 spiro atoms. The summed E-state index contributed by atoms with van der Waals surface area (Å²) in [6.45, 7) is 0. The second-order valence-corrected chi connectivity index (χ2v) is 4.37. The quantitative estimate of drug-likeness (QED) is 0.740. The number of aromatic nitrogens is 3. The Hall–Kier alpha value is -2.40. The third-order valence-electron chi connectivity index (χ3n) is 2.62. The summed E-state index contributed by atoms with van der Waals surface area (Å²) in [6.07, 6.45) is 0. The van der Waals surface area contributed by atoms with Crippen LogP contribution >= 0.6 is 11.6 Å². The molecule has 0 fully saturated rings. The molecule has 1 aromatic heterocycles. The van der Waals surface area contributed by atoms with E-state index >= 15 is 0 Å². The van der Waals surface area contributed by atoms with Gasteiger partial charge in [0, 0.05) is 10.7 Å². The van der Waals surface area contributed by atoms with Crippen LogP contribution in [0.2, 0.25) is 5.02 Å². The molecule has 0 aliphatic heterocycles. The Labute approximate surface area is 113 Å². The molecule has 3 rings (SSSR count). The van der Waals surface area contributed by atoms with Gasteiger partial charge >= 0.3 is 6.03 Å². The summed E-state index contributed by atoms with van der Waals surface area (Å²) in [6, 6.07) is 13.8. The van der Waals surface area contributed by atoms with Crippen LogP contribution in [0, 0.1) is 0 Å². The van der Waals surface area contributed by atoms with Crippen LogP contribution in [-0.2, 0) is 0 Å². The number of amides is 1. The van der Waals surface area contributed by atoms with Crippen LogP contribution in [0.25, 0.3) is 11.0 Å². The van der Waals surface area contributed by atoms with Crippen molar-refractivity contribution in [3.8, 4) is 0 Å². The number of hydrogen-bond acceptors (Lipinski definition) is 3. The maximum absolute atomic E-state index is 12.1. The first kappa shape index (κ1) is 11.7. The van der Waals surface area contributed by atoms with Crippen molar-refractivity contribution < 1.29 is 4.79 Å². The maximum Gasteiger partial charge on any atom is 0.348 e. The van der Waals surface area contributed by atoms with Crippen molar-refractivity contribution in [1.29, 1.82) is 0 Å². The zero-order valence-corrected chi connectivity index (χ0v) is 10.5. The Bertz CT molecular complexity index is 753. The van der Waals surface area contributed by atoms with Crippen LogP contribution in [0.5, 0.6) is 0 Å². The van der Waals surface area contributed by atoms with E-state index in [-0.39, 0.29) is 6.03 Å². The first-order chi connectivity index (χ1) is 9.24. The topological polar surface area (TPSA) is 59.8 Å². The lowest BCUT2D eigenvalue weighted by atomic mass is 10.3. The molecule has 2 aromatic carbocycles. The summed E-state index contributed by atoms with van der Waals surface area (Å²) >= 11 is 5.86. The summed E-state index contributed by atoms with van der Waals surface area (Å²) in [5, 5.41) is 11.0. The number of anilines is 1. The maximum atomic E-state index is 12.1. The number of nitrogens with one attached hydrogen (secondary N) is 1. The third-order valence-corrected chi connectivity index (χ3v) is 2.86. The zero-order chi connectivity index (χ0) is 13.2. The summed E-state index contributed by atoms with van der Waals surface area (Å²) in [5.74, 6) is 0. The van der Waals surface area contributed by atoms with Gasteiger partial charge in [0.2, 0.25) is 0 Å². The summed E-state index contributed by atoms with van der Waals surface area (Å²) in [7, 11) is 0. The van der Waals surface area contributed by atoms with Gasteiger partial charge in [0.05, 0.1) is 5.52 Å². The monoisotopic (exact) mass is 272 g/mol. The SMILES string of the molecule is O=C(Nc1cccc(Cl)c1)n1nnc2ccccc21. The van der Waals surface area contributed by atoms with E-state index in [0.29, 0.717) is 21.7 Å². The molecule has 1 N–H and O–H groups in total. The molecular formula is C13H9ClN4O. The molecule has 1 heterocycles. The van der Waals surface area contributed by atoms with Crippen LogP contribution in [-0.4, -0.2) is 21.0 Å². The Morgan fingerprint density at radius 1 is 1.16 bits per heavy atom. The van der Waals surface area contributed by atoms with Gasteiger partial charge in [-0.1, -0.05) is 35.0 Å². The lowest BCUT2D eigenvalue weighted by Crippen LogP contribution is -2.20. The van der Waals surface area contributed by atoms with Gasteiger partial charge in [-0.15, -0.1) is 5.10 Å². The number of rotatable bonds is 1. The molecular weight excluding hydrogens is 264 g/mol. The number of carbonyl (C=O) groups is 1. The molecule has 0 atom stereocenters. The molecule has 0 unspecified atom stereocenters. The van der Waals surface area contributed by atoms with Crippen LogP contribution < -0.4 is 5.32 Å².